The van der Waals surface area contributed by atoms with Crippen LogP contribution in [0.2, 0.25) is 0 Å². The van der Waals surface area contributed by atoms with Crippen LogP contribution >= 0.6 is 24.0 Å². The Morgan fingerprint density at radius 3 is 2.60 bits per heavy atom. The lowest BCUT2D eigenvalue weighted by Crippen LogP contribution is -2.39. The second kappa shape index (κ2) is 11.7. The summed E-state index contributed by atoms with van der Waals surface area (Å²) in [5, 5.41) is 10.4. The van der Waals surface area contributed by atoms with Crippen LogP contribution in [-0.4, -0.2) is 30.8 Å². The molecular weight excluding hydrogens is 431 g/mol. The first-order chi connectivity index (χ1) is 11.7. The van der Waals surface area contributed by atoms with Gasteiger partial charge in [0.15, 0.2) is 11.7 Å². The van der Waals surface area contributed by atoms with Crippen molar-refractivity contribution in [2.24, 2.45) is 4.99 Å². The molecule has 0 unspecified atom stereocenters. The minimum absolute atomic E-state index is 0. The van der Waals surface area contributed by atoms with Crippen LogP contribution in [0.25, 0.3) is 0 Å². The van der Waals surface area contributed by atoms with Gasteiger partial charge in [-0.3, -0.25) is 0 Å². The first-order valence-electron chi connectivity index (χ1n) is 8.37. The van der Waals surface area contributed by atoms with Crippen molar-refractivity contribution in [1.29, 1.82) is 0 Å². The molecule has 0 aliphatic rings. The summed E-state index contributed by atoms with van der Waals surface area (Å²) < 4.78 is 10.9. The van der Waals surface area contributed by atoms with E-state index in [1.165, 1.54) is 5.56 Å². The molecule has 1 heterocycles. The van der Waals surface area contributed by atoms with Crippen LogP contribution in [0.4, 0.5) is 0 Å². The highest BCUT2D eigenvalue weighted by Gasteiger charge is 2.03. The van der Waals surface area contributed by atoms with Crippen LogP contribution in [0.1, 0.15) is 30.9 Å². The highest BCUT2D eigenvalue weighted by atomic mass is 127. The van der Waals surface area contributed by atoms with Crippen molar-refractivity contribution in [3.8, 4) is 5.75 Å². The molecule has 0 saturated heterocycles. The number of aliphatic imine (C=N–C) groups is 1. The van der Waals surface area contributed by atoms with Gasteiger partial charge >= 0.3 is 0 Å². The highest BCUT2D eigenvalue weighted by molar-refractivity contribution is 14.0. The van der Waals surface area contributed by atoms with E-state index in [0.717, 1.165) is 36.1 Å². The van der Waals surface area contributed by atoms with E-state index in [1.54, 1.807) is 0 Å². The molecule has 1 aromatic heterocycles. The molecule has 0 radical (unpaired) electrons. The van der Waals surface area contributed by atoms with Crippen LogP contribution in [0.5, 0.6) is 5.75 Å². The fourth-order valence-corrected chi connectivity index (χ4v) is 2.07. The van der Waals surface area contributed by atoms with E-state index in [0.29, 0.717) is 19.7 Å². The van der Waals surface area contributed by atoms with E-state index in [9.17, 15) is 0 Å². The van der Waals surface area contributed by atoms with Crippen molar-refractivity contribution >= 4 is 29.9 Å². The van der Waals surface area contributed by atoms with Gasteiger partial charge < -0.3 is 19.9 Å². The van der Waals surface area contributed by atoms with Gasteiger partial charge in [-0.15, -0.1) is 24.0 Å². The number of nitrogens with one attached hydrogen (secondary N) is 2. The van der Waals surface area contributed by atoms with Gasteiger partial charge in [0.2, 0.25) is 0 Å². The zero-order valence-electron chi connectivity index (χ0n) is 15.0. The molecule has 2 rings (SSSR count). The Labute approximate surface area is 166 Å². The topological polar surface area (TPSA) is 71.7 Å². The van der Waals surface area contributed by atoms with Crippen molar-refractivity contribution < 1.29 is 9.26 Å². The fraction of sp³-hybridized carbons (Fsp3) is 0.444. The van der Waals surface area contributed by atoms with Crippen LogP contribution in [0, 0.1) is 6.92 Å². The molecule has 1 aromatic carbocycles. The summed E-state index contributed by atoms with van der Waals surface area (Å²) in [6.45, 7) is 8.62. The van der Waals surface area contributed by atoms with Crippen LogP contribution in [-0.2, 0) is 13.0 Å². The van der Waals surface area contributed by atoms with Gasteiger partial charge in [-0.05, 0) is 32.4 Å². The summed E-state index contributed by atoms with van der Waals surface area (Å²) in [5.41, 5.74) is 2.17. The summed E-state index contributed by atoms with van der Waals surface area (Å²) >= 11 is 0. The monoisotopic (exact) mass is 458 g/mol. The average molecular weight is 458 g/mol. The van der Waals surface area contributed by atoms with E-state index in [-0.39, 0.29) is 24.0 Å². The van der Waals surface area contributed by atoms with E-state index in [4.69, 9.17) is 9.26 Å². The molecule has 25 heavy (non-hydrogen) atoms. The number of hydrogen-bond donors (Lipinski definition) is 2. The largest absolute Gasteiger partial charge is 0.492 e. The van der Waals surface area contributed by atoms with Crippen molar-refractivity contribution in [3.05, 3.63) is 47.3 Å². The Balaban J connectivity index is 0.00000312. The van der Waals surface area contributed by atoms with Crippen molar-refractivity contribution in [1.82, 2.24) is 15.8 Å². The van der Waals surface area contributed by atoms with Gasteiger partial charge in [-0.1, -0.05) is 29.8 Å². The van der Waals surface area contributed by atoms with Gasteiger partial charge in [0, 0.05) is 12.6 Å². The minimum atomic E-state index is 0. The average Bonchev–Trinajstić information content (AvgIpc) is 3.06. The van der Waals surface area contributed by atoms with Gasteiger partial charge in [0.1, 0.15) is 18.9 Å². The van der Waals surface area contributed by atoms with Crippen LogP contribution < -0.4 is 15.4 Å². The second-order valence-corrected chi connectivity index (χ2v) is 5.42. The molecule has 7 heteroatoms. The summed E-state index contributed by atoms with van der Waals surface area (Å²) in [6.07, 6.45) is 0.863. The SMILES string of the molecule is CCNC(=NCc1cc(CC)no1)NCCOc1ccc(C)cc1.I. The Morgan fingerprint density at radius 1 is 1.20 bits per heavy atom. The lowest BCUT2D eigenvalue weighted by atomic mass is 10.2. The Bertz CT molecular complexity index is 641. The first-order valence-corrected chi connectivity index (χ1v) is 8.37. The molecule has 0 spiro atoms. The van der Waals surface area contributed by atoms with Crippen molar-refractivity contribution in [2.75, 3.05) is 19.7 Å². The van der Waals surface area contributed by atoms with E-state index in [1.807, 2.05) is 44.2 Å². The standard InChI is InChI=1S/C18H26N4O2.HI/c1-4-15-12-17(24-22-15)13-21-18(19-5-2)20-10-11-23-16-8-6-14(3)7-9-16;/h6-9,12H,4-5,10-11,13H2,1-3H3,(H2,19,20,21);1H. The van der Waals surface area contributed by atoms with E-state index in [2.05, 4.69) is 27.7 Å². The molecule has 6 nitrogen and oxygen atoms in total. The zero-order valence-corrected chi connectivity index (χ0v) is 17.4. The second-order valence-electron chi connectivity index (χ2n) is 5.42. The van der Waals surface area contributed by atoms with Gasteiger partial charge in [-0.2, -0.15) is 0 Å². The Hall–Kier alpha value is -1.77. The lowest BCUT2D eigenvalue weighted by molar-refractivity contribution is 0.322. The molecule has 2 aromatic rings. The number of aryl methyl sites for hydroxylation is 2. The predicted octanol–water partition coefficient (Wildman–Crippen LogP) is 3.30. The maximum atomic E-state index is 5.70. The zero-order chi connectivity index (χ0) is 17.2. The number of guanidine groups is 1. The molecule has 0 amide bonds. The molecule has 0 atom stereocenters. The molecule has 0 bridgehead atoms. The Morgan fingerprint density at radius 2 is 1.96 bits per heavy atom. The molecule has 0 fully saturated rings. The number of hydrogen-bond acceptors (Lipinski definition) is 4. The molecule has 0 saturated carbocycles. The third kappa shape index (κ3) is 7.76. The summed E-state index contributed by atoms with van der Waals surface area (Å²) in [7, 11) is 0. The normalized spacial score (nSPS) is 10.9. The summed E-state index contributed by atoms with van der Waals surface area (Å²) in [4.78, 5) is 4.49. The molecule has 0 aliphatic heterocycles. The number of benzene rings is 1. The lowest BCUT2D eigenvalue weighted by Gasteiger charge is -2.11. The predicted molar refractivity (Wildman–Crippen MR) is 111 cm³/mol. The van der Waals surface area contributed by atoms with Gasteiger partial charge in [0.05, 0.1) is 12.2 Å². The molecule has 0 aliphatic carbocycles. The third-order valence-corrected chi connectivity index (χ3v) is 3.39. The van der Waals surface area contributed by atoms with E-state index < -0.39 is 0 Å². The fourth-order valence-electron chi connectivity index (χ4n) is 2.07. The highest BCUT2D eigenvalue weighted by Crippen LogP contribution is 2.10. The number of ether oxygens (including phenoxy) is 1. The number of rotatable bonds is 8. The summed E-state index contributed by atoms with van der Waals surface area (Å²) in [6, 6.07) is 9.97. The van der Waals surface area contributed by atoms with Crippen molar-refractivity contribution in [3.63, 3.8) is 0 Å². The van der Waals surface area contributed by atoms with Crippen LogP contribution in [0.15, 0.2) is 39.8 Å². The maximum Gasteiger partial charge on any atom is 0.191 e. The smallest absolute Gasteiger partial charge is 0.191 e. The quantitative estimate of drug-likeness (QED) is 0.275. The maximum absolute atomic E-state index is 5.70. The minimum Gasteiger partial charge on any atom is -0.492 e. The van der Waals surface area contributed by atoms with Crippen LogP contribution in [0.3, 0.4) is 0 Å². The third-order valence-electron chi connectivity index (χ3n) is 3.39. The first kappa shape index (κ1) is 21.3. The molecule has 2 N–H and O–H groups in total. The number of aromatic nitrogens is 1. The van der Waals surface area contributed by atoms with Gasteiger partial charge in [0.25, 0.3) is 0 Å². The Kier molecular flexibility index (Phi) is 9.98. The molecule has 138 valence electrons. The number of halogens is 1. The molecular formula is C18H27IN4O2. The number of nitrogens with zero attached hydrogens (tertiary/aromatic N) is 2. The van der Waals surface area contributed by atoms with Crippen molar-refractivity contribution in [2.45, 2.75) is 33.7 Å². The van der Waals surface area contributed by atoms with Gasteiger partial charge in [-0.25, -0.2) is 4.99 Å². The summed E-state index contributed by atoms with van der Waals surface area (Å²) in [5.74, 6) is 2.37. The van der Waals surface area contributed by atoms with E-state index >= 15 is 0 Å².